The van der Waals surface area contributed by atoms with Gasteiger partial charge in [-0.05, 0) is 48.9 Å². The molecule has 0 fully saturated rings. The Hall–Kier alpha value is -3.59. The number of rotatable bonds is 3. The Morgan fingerprint density at radius 2 is 1.88 bits per heavy atom. The molecular weight excluding hydrogens is 445 g/mol. The van der Waals surface area contributed by atoms with Crippen LogP contribution in [0.25, 0.3) is 16.9 Å². The van der Waals surface area contributed by atoms with Gasteiger partial charge >= 0.3 is 6.18 Å². The van der Waals surface area contributed by atoms with Crippen molar-refractivity contribution < 1.29 is 22.4 Å². The predicted molar refractivity (Wildman–Crippen MR) is 111 cm³/mol. The van der Waals surface area contributed by atoms with Crippen LogP contribution in [0.4, 0.5) is 19.0 Å². The zero-order chi connectivity index (χ0) is 22.5. The molecule has 3 aromatic heterocycles. The lowest BCUT2D eigenvalue weighted by molar-refractivity contribution is -0.142. The van der Waals surface area contributed by atoms with E-state index in [9.17, 15) is 18.0 Å². The Labute approximate surface area is 184 Å². The van der Waals surface area contributed by atoms with Gasteiger partial charge in [-0.15, -0.1) is 0 Å². The third kappa shape index (κ3) is 3.54. The van der Waals surface area contributed by atoms with Crippen molar-refractivity contribution in [2.24, 2.45) is 0 Å². The Balaban J connectivity index is 1.50. The monoisotopic (exact) mass is 458 g/mol. The number of alkyl halides is 3. The molecule has 0 atom stereocenters. The van der Waals surface area contributed by atoms with Crippen molar-refractivity contribution >= 4 is 23.3 Å². The van der Waals surface area contributed by atoms with E-state index in [1.165, 1.54) is 29.3 Å². The van der Waals surface area contributed by atoms with Crippen molar-refractivity contribution in [1.29, 1.82) is 0 Å². The minimum absolute atomic E-state index is 0.141. The molecule has 5 rings (SSSR count). The highest BCUT2D eigenvalue weighted by molar-refractivity contribution is 6.30. The summed E-state index contributed by atoms with van der Waals surface area (Å²) in [6.07, 6.45) is -1.16. The van der Waals surface area contributed by atoms with E-state index in [-0.39, 0.29) is 12.0 Å². The van der Waals surface area contributed by atoms with E-state index in [4.69, 9.17) is 16.0 Å². The molecule has 0 unspecified atom stereocenters. The first-order chi connectivity index (χ1) is 15.3. The van der Waals surface area contributed by atoms with Crippen LogP contribution in [0, 0.1) is 0 Å². The number of pyridine rings is 1. The molecule has 32 heavy (non-hydrogen) atoms. The maximum atomic E-state index is 13.6. The SMILES string of the molecule is O=C(Nc1ccc(Cl)cn1)c1ccc(-n2nc(C(F)(F)F)c3c2-c2ccoc2CC3)cc1. The molecule has 1 N–H and O–H groups in total. The van der Waals surface area contributed by atoms with E-state index in [0.29, 0.717) is 45.5 Å². The average Bonchev–Trinajstić information content (AvgIpc) is 3.39. The van der Waals surface area contributed by atoms with Crippen molar-refractivity contribution in [2.75, 3.05) is 5.32 Å². The Bertz CT molecular complexity index is 1310. The maximum absolute atomic E-state index is 13.6. The smallest absolute Gasteiger partial charge is 0.435 e. The third-order valence-electron chi connectivity index (χ3n) is 5.20. The van der Waals surface area contributed by atoms with Gasteiger partial charge < -0.3 is 9.73 Å². The van der Waals surface area contributed by atoms with Gasteiger partial charge in [0.05, 0.1) is 22.7 Å². The number of hydrogen-bond donors (Lipinski definition) is 1. The van der Waals surface area contributed by atoms with Crippen molar-refractivity contribution in [3.63, 3.8) is 0 Å². The lowest BCUT2D eigenvalue weighted by atomic mass is 9.94. The second-order valence-corrected chi connectivity index (χ2v) is 7.64. The molecule has 0 saturated carbocycles. The van der Waals surface area contributed by atoms with Crippen LogP contribution in [0.1, 0.15) is 27.4 Å². The molecule has 1 aliphatic rings. The fourth-order valence-corrected chi connectivity index (χ4v) is 3.87. The summed E-state index contributed by atoms with van der Waals surface area (Å²) in [4.78, 5) is 16.5. The number of benzene rings is 1. The maximum Gasteiger partial charge on any atom is 0.435 e. The summed E-state index contributed by atoms with van der Waals surface area (Å²) in [6, 6.07) is 10.9. The van der Waals surface area contributed by atoms with E-state index in [0.717, 1.165) is 0 Å². The quantitative estimate of drug-likeness (QED) is 0.437. The highest BCUT2D eigenvalue weighted by atomic mass is 35.5. The lowest BCUT2D eigenvalue weighted by Crippen LogP contribution is -2.13. The second-order valence-electron chi connectivity index (χ2n) is 7.21. The van der Waals surface area contributed by atoms with Crippen LogP contribution >= 0.6 is 11.6 Å². The molecular formula is C22H14ClF3N4O2. The molecule has 1 aromatic carbocycles. The normalized spacial score (nSPS) is 12.9. The van der Waals surface area contributed by atoms with Gasteiger partial charge in [0.25, 0.3) is 5.91 Å². The fraction of sp³-hybridized carbons (Fsp3) is 0.136. The second kappa shape index (κ2) is 7.52. The summed E-state index contributed by atoms with van der Waals surface area (Å²) in [5.41, 5.74) is 0.885. The van der Waals surface area contributed by atoms with Crippen molar-refractivity contribution in [3.05, 3.63) is 82.5 Å². The van der Waals surface area contributed by atoms with Crippen LogP contribution in [0.5, 0.6) is 0 Å². The third-order valence-corrected chi connectivity index (χ3v) is 5.42. The number of amides is 1. The molecule has 0 radical (unpaired) electrons. The Morgan fingerprint density at radius 1 is 1.09 bits per heavy atom. The van der Waals surface area contributed by atoms with Gasteiger partial charge in [-0.2, -0.15) is 18.3 Å². The van der Waals surface area contributed by atoms with E-state index >= 15 is 0 Å². The summed E-state index contributed by atoms with van der Waals surface area (Å²) < 4.78 is 47.6. The number of aryl methyl sites for hydroxylation is 1. The summed E-state index contributed by atoms with van der Waals surface area (Å²) in [7, 11) is 0. The summed E-state index contributed by atoms with van der Waals surface area (Å²) in [5.74, 6) is 0.535. The number of fused-ring (bicyclic) bond motifs is 3. The summed E-state index contributed by atoms with van der Waals surface area (Å²) in [6.45, 7) is 0. The van der Waals surface area contributed by atoms with Crippen LogP contribution in [0.3, 0.4) is 0 Å². The van der Waals surface area contributed by atoms with E-state index in [2.05, 4.69) is 15.4 Å². The van der Waals surface area contributed by atoms with Crippen molar-refractivity contribution in [1.82, 2.24) is 14.8 Å². The van der Waals surface area contributed by atoms with Gasteiger partial charge in [0, 0.05) is 29.3 Å². The number of nitrogens with zero attached hydrogens (tertiary/aromatic N) is 3. The average molecular weight is 459 g/mol. The highest BCUT2D eigenvalue weighted by Crippen LogP contribution is 2.42. The van der Waals surface area contributed by atoms with Crippen molar-refractivity contribution in [2.45, 2.75) is 19.0 Å². The molecule has 6 nitrogen and oxygen atoms in total. The number of halogens is 4. The van der Waals surface area contributed by atoms with Crippen LogP contribution < -0.4 is 5.32 Å². The number of furan rings is 1. The van der Waals surface area contributed by atoms with Crippen LogP contribution in [0.2, 0.25) is 5.02 Å². The van der Waals surface area contributed by atoms with E-state index in [1.807, 2.05) is 0 Å². The first kappa shape index (κ1) is 20.3. The van der Waals surface area contributed by atoms with Crippen LogP contribution in [-0.4, -0.2) is 20.7 Å². The first-order valence-corrected chi connectivity index (χ1v) is 9.98. The summed E-state index contributed by atoms with van der Waals surface area (Å²) >= 11 is 5.79. The number of aromatic nitrogens is 3. The number of carbonyl (C=O) groups excluding carboxylic acids is 1. The van der Waals surface area contributed by atoms with Gasteiger partial charge in [-0.25, -0.2) is 9.67 Å². The minimum atomic E-state index is -4.58. The standard InChI is InChI=1S/C22H14ClF3N4O2/c23-13-3-8-18(27-11-13)28-21(31)12-1-4-14(5-2-12)30-19-15-9-10-32-17(15)7-6-16(19)20(29-30)22(24,25)26/h1-5,8-11H,6-7H2,(H,27,28,31). The Kier molecular flexibility index (Phi) is 4.78. The van der Waals surface area contributed by atoms with E-state index in [1.54, 1.807) is 30.3 Å². The van der Waals surface area contributed by atoms with Crippen LogP contribution in [-0.2, 0) is 19.0 Å². The number of anilines is 1. The van der Waals surface area contributed by atoms with E-state index < -0.39 is 17.8 Å². The number of nitrogens with one attached hydrogen (secondary N) is 1. The molecule has 162 valence electrons. The molecule has 1 amide bonds. The number of hydrogen-bond acceptors (Lipinski definition) is 4. The summed E-state index contributed by atoms with van der Waals surface area (Å²) in [5, 5.41) is 6.96. The first-order valence-electron chi connectivity index (χ1n) is 9.60. The molecule has 0 aliphatic heterocycles. The minimum Gasteiger partial charge on any atom is -0.469 e. The Morgan fingerprint density at radius 3 is 2.56 bits per heavy atom. The molecule has 0 bridgehead atoms. The molecule has 4 aromatic rings. The molecule has 0 saturated heterocycles. The molecule has 0 spiro atoms. The fourth-order valence-electron chi connectivity index (χ4n) is 3.75. The largest absolute Gasteiger partial charge is 0.469 e. The molecule has 10 heteroatoms. The van der Waals surface area contributed by atoms with Crippen molar-refractivity contribution in [3.8, 4) is 16.9 Å². The van der Waals surface area contributed by atoms with Gasteiger partial charge in [-0.1, -0.05) is 11.6 Å². The number of carbonyl (C=O) groups is 1. The predicted octanol–water partition coefficient (Wildman–Crippen LogP) is 5.55. The molecule has 3 heterocycles. The highest BCUT2D eigenvalue weighted by Gasteiger charge is 2.41. The van der Waals surface area contributed by atoms with Gasteiger partial charge in [-0.3, -0.25) is 4.79 Å². The topological polar surface area (TPSA) is 73.0 Å². The zero-order valence-corrected chi connectivity index (χ0v) is 17.0. The van der Waals surface area contributed by atoms with Gasteiger partial charge in [0.15, 0.2) is 5.69 Å². The lowest BCUT2D eigenvalue weighted by Gasteiger charge is -2.15. The van der Waals surface area contributed by atoms with Gasteiger partial charge in [0.1, 0.15) is 11.6 Å². The van der Waals surface area contributed by atoms with Crippen LogP contribution in [0.15, 0.2) is 59.3 Å². The molecule has 1 aliphatic carbocycles. The van der Waals surface area contributed by atoms with Gasteiger partial charge in [0.2, 0.25) is 0 Å². The zero-order valence-electron chi connectivity index (χ0n) is 16.3.